The Bertz CT molecular complexity index is 660. The summed E-state index contributed by atoms with van der Waals surface area (Å²) in [5.41, 5.74) is 1.21. The number of carbonyl (C=O) groups is 2. The first-order valence-corrected chi connectivity index (χ1v) is 6.78. The molecule has 1 aliphatic rings. The average Bonchev–Trinajstić information content (AvgIpc) is 2.92. The number of hydrogen-bond donors (Lipinski definition) is 2. The van der Waals surface area contributed by atoms with Gasteiger partial charge in [-0.15, -0.1) is 0 Å². The zero-order valence-corrected chi connectivity index (χ0v) is 11.3. The number of nitrogens with one attached hydrogen (secondary N) is 1. The van der Waals surface area contributed by atoms with E-state index in [0.29, 0.717) is 18.5 Å². The first kappa shape index (κ1) is 13.4. The summed E-state index contributed by atoms with van der Waals surface area (Å²) in [5, 5.41) is 15.8. The van der Waals surface area contributed by atoms with E-state index in [0.717, 1.165) is 5.69 Å². The number of carboxylic acids is 1. The van der Waals surface area contributed by atoms with Gasteiger partial charge in [0.15, 0.2) is 5.69 Å². The fourth-order valence-electron chi connectivity index (χ4n) is 2.37. The topological polar surface area (TPSA) is 84.2 Å². The Morgan fingerprint density at radius 1 is 1.19 bits per heavy atom. The second-order valence-electron chi connectivity index (χ2n) is 5.16. The molecule has 2 N–H and O–H groups in total. The first-order chi connectivity index (χ1) is 10.1. The summed E-state index contributed by atoms with van der Waals surface area (Å²) in [6, 6.07) is 11.1. The number of aromatic nitrogens is 2. The van der Waals surface area contributed by atoms with E-state index < -0.39 is 5.97 Å². The number of para-hydroxylation sites is 1. The van der Waals surface area contributed by atoms with E-state index in [9.17, 15) is 9.59 Å². The minimum absolute atomic E-state index is 0.0690. The van der Waals surface area contributed by atoms with E-state index in [1.807, 2.05) is 30.3 Å². The molecule has 1 heterocycles. The van der Waals surface area contributed by atoms with E-state index >= 15 is 0 Å². The number of carboxylic acid groups (broad SMARTS) is 1. The van der Waals surface area contributed by atoms with E-state index in [1.165, 1.54) is 0 Å². The number of amides is 1. The molecule has 1 saturated carbocycles. The zero-order chi connectivity index (χ0) is 14.8. The summed E-state index contributed by atoms with van der Waals surface area (Å²) in [7, 11) is 0. The van der Waals surface area contributed by atoms with Crippen LogP contribution in [-0.4, -0.2) is 32.8 Å². The molecule has 0 aliphatic heterocycles. The van der Waals surface area contributed by atoms with Crippen LogP contribution in [0.25, 0.3) is 5.69 Å². The van der Waals surface area contributed by atoms with Gasteiger partial charge in [0.1, 0.15) is 0 Å². The van der Waals surface area contributed by atoms with Gasteiger partial charge in [-0.05, 0) is 31.0 Å². The molecule has 0 radical (unpaired) electrons. The Morgan fingerprint density at radius 3 is 2.57 bits per heavy atom. The van der Waals surface area contributed by atoms with Gasteiger partial charge >= 0.3 is 5.97 Å². The van der Waals surface area contributed by atoms with Crippen molar-refractivity contribution in [1.29, 1.82) is 0 Å². The number of nitrogens with zero attached hydrogens (tertiary/aromatic N) is 2. The molecule has 1 aromatic heterocycles. The molecule has 1 aliphatic carbocycles. The quantitative estimate of drug-likeness (QED) is 0.890. The van der Waals surface area contributed by atoms with E-state index in [-0.39, 0.29) is 17.9 Å². The molecule has 1 fully saturated rings. The van der Waals surface area contributed by atoms with Gasteiger partial charge in [-0.25, -0.2) is 4.68 Å². The molecule has 1 aromatic carbocycles. The number of carbonyl (C=O) groups excluding carboxylic acids is 1. The molecular formula is C15H15N3O3. The molecule has 1 amide bonds. The minimum atomic E-state index is -0.797. The van der Waals surface area contributed by atoms with Crippen LogP contribution in [0.3, 0.4) is 0 Å². The van der Waals surface area contributed by atoms with Gasteiger partial charge in [0.05, 0.1) is 11.6 Å². The number of hydrogen-bond acceptors (Lipinski definition) is 3. The highest BCUT2D eigenvalue weighted by molar-refractivity contribution is 5.92. The third-order valence-corrected chi connectivity index (χ3v) is 3.66. The van der Waals surface area contributed by atoms with Crippen molar-refractivity contribution in [1.82, 2.24) is 15.1 Å². The number of aliphatic carboxylic acids is 1. The van der Waals surface area contributed by atoms with Crippen molar-refractivity contribution < 1.29 is 14.7 Å². The fraction of sp³-hybridized carbons (Fsp3) is 0.267. The Labute approximate surface area is 121 Å². The number of benzene rings is 1. The van der Waals surface area contributed by atoms with Crippen LogP contribution in [0.5, 0.6) is 0 Å². The van der Waals surface area contributed by atoms with Crippen molar-refractivity contribution in [2.75, 3.05) is 0 Å². The Morgan fingerprint density at radius 2 is 1.90 bits per heavy atom. The van der Waals surface area contributed by atoms with Crippen LogP contribution in [-0.2, 0) is 4.79 Å². The highest BCUT2D eigenvalue weighted by Gasteiger charge is 2.35. The molecule has 0 atom stereocenters. The molecule has 21 heavy (non-hydrogen) atoms. The summed E-state index contributed by atoms with van der Waals surface area (Å²) in [6.07, 6.45) is 2.70. The Hall–Kier alpha value is -2.63. The first-order valence-electron chi connectivity index (χ1n) is 6.78. The van der Waals surface area contributed by atoms with E-state index in [1.54, 1.807) is 16.9 Å². The van der Waals surface area contributed by atoms with Crippen molar-refractivity contribution in [2.24, 2.45) is 5.92 Å². The molecule has 0 spiro atoms. The SMILES string of the molecule is O=C(NC1CC(C(=O)O)C1)c1ccn(-c2ccccc2)n1. The summed E-state index contributed by atoms with van der Waals surface area (Å²) >= 11 is 0. The van der Waals surface area contributed by atoms with Crippen LogP contribution in [0.2, 0.25) is 0 Å². The molecule has 2 aromatic rings. The minimum Gasteiger partial charge on any atom is -0.481 e. The summed E-state index contributed by atoms with van der Waals surface area (Å²) in [6.45, 7) is 0. The molecule has 108 valence electrons. The van der Waals surface area contributed by atoms with Gasteiger partial charge in [-0.3, -0.25) is 9.59 Å². The predicted octanol–water partition coefficient (Wildman–Crippen LogP) is 1.47. The van der Waals surface area contributed by atoms with Gasteiger partial charge in [0.2, 0.25) is 0 Å². The predicted molar refractivity (Wildman–Crippen MR) is 75.2 cm³/mol. The maximum atomic E-state index is 12.0. The van der Waals surface area contributed by atoms with Gasteiger partial charge in [0, 0.05) is 12.2 Å². The standard InChI is InChI=1S/C15H15N3O3/c19-14(16-11-8-10(9-11)15(20)21)13-6-7-18(17-13)12-4-2-1-3-5-12/h1-7,10-11H,8-9H2,(H,16,19)(H,20,21). The molecular weight excluding hydrogens is 270 g/mol. The summed E-state index contributed by atoms with van der Waals surface area (Å²) in [5.74, 6) is -1.40. The smallest absolute Gasteiger partial charge is 0.306 e. The fourth-order valence-corrected chi connectivity index (χ4v) is 2.37. The van der Waals surface area contributed by atoms with Gasteiger partial charge in [-0.1, -0.05) is 18.2 Å². The van der Waals surface area contributed by atoms with Gasteiger partial charge < -0.3 is 10.4 Å². The largest absolute Gasteiger partial charge is 0.481 e. The Balaban J connectivity index is 1.62. The lowest BCUT2D eigenvalue weighted by Gasteiger charge is -2.32. The van der Waals surface area contributed by atoms with Gasteiger partial charge in [-0.2, -0.15) is 5.10 Å². The molecule has 0 unspecified atom stereocenters. The second-order valence-corrected chi connectivity index (χ2v) is 5.16. The molecule has 6 nitrogen and oxygen atoms in total. The van der Waals surface area contributed by atoms with Crippen LogP contribution in [0.1, 0.15) is 23.3 Å². The highest BCUT2D eigenvalue weighted by Crippen LogP contribution is 2.27. The van der Waals surface area contributed by atoms with Crippen molar-refractivity contribution in [3.63, 3.8) is 0 Å². The van der Waals surface area contributed by atoms with E-state index in [2.05, 4.69) is 10.4 Å². The van der Waals surface area contributed by atoms with Crippen LogP contribution >= 0.6 is 0 Å². The maximum absolute atomic E-state index is 12.0. The maximum Gasteiger partial charge on any atom is 0.306 e. The average molecular weight is 285 g/mol. The summed E-state index contributed by atoms with van der Waals surface area (Å²) < 4.78 is 1.63. The number of rotatable bonds is 4. The monoisotopic (exact) mass is 285 g/mol. The lowest BCUT2D eigenvalue weighted by Crippen LogP contribution is -2.46. The van der Waals surface area contributed by atoms with Crippen LogP contribution < -0.4 is 5.32 Å². The zero-order valence-electron chi connectivity index (χ0n) is 11.3. The van der Waals surface area contributed by atoms with Crippen LogP contribution in [0.4, 0.5) is 0 Å². The molecule has 3 rings (SSSR count). The molecule has 0 bridgehead atoms. The van der Waals surface area contributed by atoms with Crippen molar-refractivity contribution >= 4 is 11.9 Å². The Kier molecular flexibility index (Phi) is 3.43. The second kappa shape index (κ2) is 5.40. The summed E-state index contributed by atoms with van der Waals surface area (Å²) in [4.78, 5) is 22.7. The van der Waals surface area contributed by atoms with Crippen molar-refractivity contribution in [2.45, 2.75) is 18.9 Å². The van der Waals surface area contributed by atoms with Crippen LogP contribution in [0, 0.1) is 5.92 Å². The third-order valence-electron chi connectivity index (χ3n) is 3.66. The third kappa shape index (κ3) is 2.79. The van der Waals surface area contributed by atoms with Crippen molar-refractivity contribution in [3.05, 3.63) is 48.3 Å². The van der Waals surface area contributed by atoms with Crippen molar-refractivity contribution in [3.8, 4) is 5.69 Å². The lowest BCUT2D eigenvalue weighted by atomic mass is 9.80. The molecule has 0 saturated heterocycles. The normalized spacial score (nSPS) is 20.6. The van der Waals surface area contributed by atoms with E-state index in [4.69, 9.17) is 5.11 Å². The van der Waals surface area contributed by atoms with Crippen LogP contribution in [0.15, 0.2) is 42.6 Å². The lowest BCUT2D eigenvalue weighted by molar-refractivity contribution is -0.145. The highest BCUT2D eigenvalue weighted by atomic mass is 16.4. The van der Waals surface area contributed by atoms with Gasteiger partial charge in [0.25, 0.3) is 5.91 Å². The molecule has 6 heteroatoms.